The number of carbonyl (C=O) groups is 1. The minimum Gasteiger partial charge on any atom is -0.477 e. The summed E-state index contributed by atoms with van der Waals surface area (Å²) < 4.78 is 43.5. The van der Waals surface area contributed by atoms with Gasteiger partial charge in [-0.3, -0.25) is 4.79 Å². The summed E-state index contributed by atoms with van der Waals surface area (Å²) in [6, 6.07) is 0.196. The molecule has 1 saturated heterocycles. The predicted molar refractivity (Wildman–Crippen MR) is 52.5 cm³/mol. The number of hydrogen-bond donors (Lipinski definition) is 1. The summed E-state index contributed by atoms with van der Waals surface area (Å²) in [5.41, 5.74) is -3.85. The molecular weight excluding hydrogens is 255 g/mol. The van der Waals surface area contributed by atoms with Crippen molar-refractivity contribution in [3.8, 4) is 0 Å². The van der Waals surface area contributed by atoms with Gasteiger partial charge in [-0.15, -0.1) is 0 Å². The highest BCUT2D eigenvalue weighted by atomic mass is 19.4. The molecule has 5 nitrogen and oxygen atoms in total. The first kappa shape index (κ1) is 12.6. The van der Waals surface area contributed by atoms with Crippen LogP contribution in [0.5, 0.6) is 0 Å². The number of aromatic nitrogens is 1. The average Bonchev–Trinajstić information content (AvgIpc) is 2.15. The predicted octanol–water partition coefficient (Wildman–Crippen LogP) is 1.14. The molecule has 0 aliphatic carbocycles. The summed E-state index contributed by atoms with van der Waals surface area (Å²) in [5.74, 6) is -1.89. The van der Waals surface area contributed by atoms with Crippen LogP contribution >= 0.6 is 0 Å². The molecule has 0 saturated carbocycles. The topological polar surface area (TPSA) is 68.5 Å². The van der Waals surface area contributed by atoms with E-state index in [0.717, 1.165) is 10.8 Å². The Labute approximate surface area is 98.4 Å². The fraction of sp³-hybridized carbons (Fsp3) is 0.400. The molecule has 1 aliphatic rings. The highest BCUT2D eigenvalue weighted by molar-refractivity contribution is 5.89. The van der Waals surface area contributed by atoms with Gasteiger partial charge in [0.2, 0.25) is 0 Å². The maximum atomic E-state index is 12.6. The average molecular weight is 263 g/mol. The van der Waals surface area contributed by atoms with Gasteiger partial charge in [0.05, 0.1) is 24.8 Å². The molecule has 18 heavy (non-hydrogen) atoms. The Morgan fingerprint density at radius 1 is 1.44 bits per heavy atom. The van der Waals surface area contributed by atoms with E-state index in [4.69, 9.17) is 9.84 Å². The number of carboxylic acids is 1. The summed E-state index contributed by atoms with van der Waals surface area (Å²) in [6.45, 7) is 0.370. The van der Waals surface area contributed by atoms with E-state index in [1.54, 1.807) is 0 Å². The van der Waals surface area contributed by atoms with Crippen LogP contribution in [0.25, 0.3) is 0 Å². The van der Waals surface area contributed by atoms with Crippen LogP contribution in [0.1, 0.15) is 22.0 Å². The second-order valence-electron chi connectivity index (χ2n) is 3.81. The van der Waals surface area contributed by atoms with Crippen LogP contribution in [-0.2, 0) is 10.9 Å². The van der Waals surface area contributed by atoms with E-state index in [0.29, 0.717) is 6.07 Å². The first-order chi connectivity index (χ1) is 8.32. The minimum atomic E-state index is -4.87. The number of ether oxygens (including phenoxy) is 1. The van der Waals surface area contributed by atoms with Crippen molar-refractivity contribution in [2.75, 3.05) is 13.2 Å². The number of carboxylic acid groups (broad SMARTS) is 1. The second-order valence-corrected chi connectivity index (χ2v) is 3.81. The van der Waals surface area contributed by atoms with E-state index in [1.807, 2.05) is 0 Å². The van der Waals surface area contributed by atoms with Gasteiger partial charge in [-0.2, -0.15) is 13.2 Å². The SMILES string of the molecule is O=C(O)c1c(C(F)(F)F)ccn(C2COC2)c1=O. The first-order valence-corrected chi connectivity index (χ1v) is 4.95. The third-order valence-corrected chi connectivity index (χ3v) is 2.65. The standard InChI is InChI=1S/C10H8F3NO4/c11-10(12,13)6-1-2-14(5-3-18-4-5)8(15)7(6)9(16)17/h1-2,5H,3-4H2,(H,16,17). The van der Waals surface area contributed by atoms with Crippen LogP contribution in [0.3, 0.4) is 0 Å². The maximum absolute atomic E-state index is 12.6. The Balaban J connectivity index is 2.62. The van der Waals surface area contributed by atoms with Gasteiger partial charge in [0.15, 0.2) is 0 Å². The number of halogens is 3. The van der Waals surface area contributed by atoms with Gasteiger partial charge < -0.3 is 14.4 Å². The van der Waals surface area contributed by atoms with E-state index in [9.17, 15) is 22.8 Å². The van der Waals surface area contributed by atoms with Crippen LogP contribution in [0.15, 0.2) is 17.1 Å². The summed E-state index contributed by atoms with van der Waals surface area (Å²) in [5, 5.41) is 8.76. The molecule has 0 radical (unpaired) electrons. The van der Waals surface area contributed by atoms with E-state index in [-0.39, 0.29) is 13.2 Å². The van der Waals surface area contributed by atoms with Crippen LogP contribution < -0.4 is 5.56 Å². The molecule has 0 aromatic carbocycles. The van der Waals surface area contributed by atoms with Crippen molar-refractivity contribution in [1.29, 1.82) is 0 Å². The molecule has 0 spiro atoms. The molecular formula is C10H8F3NO4. The Bertz CT molecular complexity index is 545. The molecule has 1 fully saturated rings. The fourth-order valence-corrected chi connectivity index (χ4v) is 1.66. The molecule has 2 heterocycles. The van der Waals surface area contributed by atoms with Crippen LogP contribution in [0.2, 0.25) is 0 Å². The van der Waals surface area contributed by atoms with Gasteiger partial charge in [0.1, 0.15) is 5.56 Å². The van der Waals surface area contributed by atoms with Gasteiger partial charge in [0.25, 0.3) is 5.56 Å². The molecule has 8 heteroatoms. The molecule has 1 aliphatic heterocycles. The van der Waals surface area contributed by atoms with E-state index in [1.165, 1.54) is 0 Å². The number of aromatic carboxylic acids is 1. The normalized spacial score (nSPS) is 16.4. The van der Waals surface area contributed by atoms with E-state index >= 15 is 0 Å². The first-order valence-electron chi connectivity index (χ1n) is 4.95. The minimum absolute atomic E-state index is 0.185. The fourth-order valence-electron chi connectivity index (χ4n) is 1.66. The quantitative estimate of drug-likeness (QED) is 0.868. The number of nitrogens with zero attached hydrogens (tertiary/aromatic N) is 1. The zero-order valence-electron chi connectivity index (χ0n) is 8.90. The molecule has 0 unspecified atom stereocenters. The molecule has 1 aromatic rings. The zero-order chi connectivity index (χ0) is 13.5. The van der Waals surface area contributed by atoms with Crippen LogP contribution in [-0.4, -0.2) is 28.9 Å². The van der Waals surface area contributed by atoms with Gasteiger partial charge in [0, 0.05) is 6.20 Å². The molecule has 2 rings (SSSR count). The van der Waals surface area contributed by atoms with Crippen LogP contribution in [0.4, 0.5) is 13.2 Å². The van der Waals surface area contributed by atoms with Crippen LogP contribution in [0, 0.1) is 0 Å². The number of pyridine rings is 1. The third kappa shape index (κ3) is 1.99. The number of rotatable bonds is 2. The number of alkyl halides is 3. The summed E-state index contributed by atoms with van der Waals surface area (Å²) >= 11 is 0. The summed E-state index contributed by atoms with van der Waals surface area (Å²) in [7, 11) is 0. The summed E-state index contributed by atoms with van der Waals surface area (Å²) in [4.78, 5) is 22.6. The van der Waals surface area contributed by atoms with Gasteiger partial charge in [-0.25, -0.2) is 4.79 Å². The van der Waals surface area contributed by atoms with Crippen molar-refractivity contribution < 1.29 is 27.8 Å². The van der Waals surface area contributed by atoms with Gasteiger partial charge in [-0.1, -0.05) is 0 Å². The lowest BCUT2D eigenvalue weighted by atomic mass is 10.1. The third-order valence-electron chi connectivity index (χ3n) is 2.65. The maximum Gasteiger partial charge on any atom is 0.417 e. The molecule has 1 aromatic heterocycles. The molecule has 1 N–H and O–H groups in total. The lowest BCUT2D eigenvalue weighted by Crippen LogP contribution is -2.40. The zero-order valence-corrected chi connectivity index (χ0v) is 8.90. The van der Waals surface area contributed by atoms with Crippen molar-refractivity contribution in [3.05, 3.63) is 33.7 Å². The monoisotopic (exact) mass is 263 g/mol. The van der Waals surface area contributed by atoms with E-state index < -0.39 is 34.9 Å². The summed E-state index contributed by atoms with van der Waals surface area (Å²) in [6.07, 6.45) is -3.92. The number of hydrogen-bond acceptors (Lipinski definition) is 3. The highest BCUT2D eigenvalue weighted by Gasteiger charge is 2.38. The lowest BCUT2D eigenvalue weighted by molar-refractivity contribution is -0.138. The van der Waals surface area contributed by atoms with Crippen molar-refractivity contribution >= 4 is 5.97 Å². The second kappa shape index (κ2) is 4.13. The van der Waals surface area contributed by atoms with Crippen molar-refractivity contribution in [2.24, 2.45) is 0 Å². The highest BCUT2D eigenvalue weighted by Crippen LogP contribution is 2.31. The Morgan fingerprint density at radius 3 is 2.44 bits per heavy atom. The molecule has 0 bridgehead atoms. The Morgan fingerprint density at radius 2 is 2.06 bits per heavy atom. The Hall–Kier alpha value is -1.83. The smallest absolute Gasteiger partial charge is 0.417 e. The molecule has 0 amide bonds. The van der Waals surface area contributed by atoms with Crippen molar-refractivity contribution in [2.45, 2.75) is 12.2 Å². The Kier molecular flexibility index (Phi) is 2.89. The van der Waals surface area contributed by atoms with Gasteiger partial charge >= 0.3 is 12.1 Å². The largest absolute Gasteiger partial charge is 0.477 e. The molecule has 0 atom stereocenters. The van der Waals surface area contributed by atoms with Crippen molar-refractivity contribution in [3.63, 3.8) is 0 Å². The van der Waals surface area contributed by atoms with Crippen molar-refractivity contribution in [1.82, 2.24) is 4.57 Å². The van der Waals surface area contributed by atoms with E-state index in [2.05, 4.69) is 0 Å². The van der Waals surface area contributed by atoms with Gasteiger partial charge in [-0.05, 0) is 6.07 Å². The lowest BCUT2D eigenvalue weighted by Gasteiger charge is -2.28. The molecule has 98 valence electrons.